The second kappa shape index (κ2) is 3.02. The summed E-state index contributed by atoms with van der Waals surface area (Å²) in [4.78, 5) is 17.7. The molecule has 0 aliphatic rings. The lowest BCUT2D eigenvalue weighted by molar-refractivity contribution is 0.0693. The Morgan fingerprint density at radius 3 is 3.00 bits per heavy atom. The molecule has 2 rings (SSSR count). The summed E-state index contributed by atoms with van der Waals surface area (Å²) < 4.78 is 4.96. The van der Waals surface area contributed by atoms with Gasteiger partial charge in [0.05, 0.1) is 24.5 Å². The highest BCUT2D eigenvalue weighted by Crippen LogP contribution is 2.23. The number of rotatable bonds is 2. The lowest BCUT2D eigenvalue weighted by Crippen LogP contribution is -2.00. The van der Waals surface area contributed by atoms with Crippen LogP contribution in [0.1, 0.15) is 10.4 Å². The van der Waals surface area contributed by atoms with Crippen LogP contribution in [-0.4, -0.2) is 28.2 Å². The van der Waals surface area contributed by atoms with Crippen molar-refractivity contribution in [3.8, 4) is 5.75 Å². The van der Waals surface area contributed by atoms with Crippen molar-refractivity contribution in [3.63, 3.8) is 0 Å². The smallest absolute Gasteiger partial charge is 0.339 e. The van der Waals surface area contributed by atoms with E-state index in [1.165, 1.54) is 19.5 Å². The SMILES string of the molecule is COc1cc2[nH]cnc2cc1C(=O)O. The number of nitrogens with one attached hydrogen (secondary N) is 1. The van der Waals surface area contributed by atoms with Gasteiger partial charge in [0.15, 0.2) is 0 Å². The zero-order valence-corrected chi connectivity index (χ0v) is 7.44. The average Bonchev–Trinajstić information content (AvgIpc) is 2.62. The molecular weight excluding hydrogens is 184 g/mol. The number of carboxylic acid groups (broad SMARTS) is 1. The molecule has 0 bridgehead atoms. The number of carbonyl (C=O) groups is 1. The van der Waals surface area contributed by atoms with Gasteiger partial charge >= 0.3 is 5.97 Å². The number of benzene rings is 1. The monoisotopic (exact) mass is 192 g/mol. The third-order valence-electron chi connectivity index (χ3n) is 1.97. The molecule has 5 nitrogen and oxygen atoms in total. The highest BCUT2D eigenvalue weighted by molar-refractivity contribution is 5.95. The Morgan fingerprint density at radius 1 is 1.57 bits per heavy atom. The first-order valence-corrected chi connectivity index (χ1v) is 3.97. The van der Waals surface area contributed by atoms with Crippen LogP contribution in [0.15, 0.2) is 18.5 Å². The van der Waals surface area contributed by atoms with E-state index in [9.17, 15) is 4.79 Å². The van der Waals surface area contributed by atoms with Crippen LogP contribution in [0.5, 0.6) is 5.75 Å². The summed E-state index contributed by atoms with van der Waals surface area (Å²) in [6.45, 7) is 0. The van der Waals surface area contributed by atoms with Crippen LogP contribution in [0.3, 0.4) is 0 Å². The van der Waals surface area contributed by atoms with Gasteiger partial charge in [0.2, 0.25) is 0 Å². The normalized spacial score (nSPS) is 10.4. The van der Waals surface area contributed by atoms with E-state index in [1.807, 2.05) is 0 Å². The van der Waals surface area contributed by atoms with Crippen molar-refractivity contribution >= 4 is 17.0 Å². The molecule has 5 heteroatoms. The minimum atomic E-state index is -1.02. The second-order valence-corrected chi connectivity index (χ2v) is 2.78. The predicted octanol–water partition coefficient (Wildman–Crippen LogP) is 1.27. The van der Waals surface area contributed by atoms with Crippen LogP contribution in [0.2, 0.25) is 0 Å². The molecule has 1 aromatic heterocycles. The van der Waals surface area contributed by atoms with Crippen LogP contribution < -0.4 is 4.74 Å². The Balaban J connectivity index is 2.72. The van der Waals surface area contributed by atoms with Gasteiger partial charge < -0.3 is 14.8 Å². The van der Waals surface area contributed by atoms with Gasteiger partial charge in [0, 0.05) is 6.07 Å². The minimum Gasteiger partial charge on any atom is -0.496 e. The molecule has 0 amide bonds. The van der Waals surface area contributed by atoms with Gasteiger partial charge in [-0.2, -0.15) is 0 Å². The van der Waals surface area contributed by atoms with E-state index in [-0.39, 0.29) is 5.56 Å². The maximum absolute atomic E-state index is 10.8. The number of hydrogen-bond donors (Lipinski definition) is 2. The van der Waals surface area contributed by atoms with Crippen LogP contribution in [-0.2, 0) is 0 Å². The highest BCUT2D eigenvalue weighted by atomic mass is 16.5. The summed E-state index contributed by atoms with van der Waals surface area (Å²) >= 11 is 0. The number of fused-ring (bicyclic) bond motifs is 1. The maximum Gasteiger partial charge on any atom is 0.339 e. The van der Waals surface area contributed by atoms with E-state index in [0.717, 1.165) is 5.52 Å². The summed E-state index contributed by atoms with van der Waals surface area (Å²) in [5, 5.41) is 8.88. The summed E-state index contributed by atoms with van der Waals surface area (Å²) in [5.41, 5.74) is 1.49. The van der Waals surface area contributed by atoms with Gasteiger partial charge in [-0.1, -0.05) is 0 Å². The standard InChI is InChI=1S/C9H8N2O3/c1-14-8-3-7-6(10-4-11-7)2-5(8)9(12)13/h2-4H,1H3,(H,10,11)(H,12,13). The number of hydrogen-bond acceptors (Lipinski definition) is 3. The number of methoxy groups -OCH3 is 1. The number of ether oxygens (including phenoxy) is 1. The molecule has 0 atom stereocenters. The molecule has 0 aliphatic carbocycles. The molecule has 1 heterocycles. The molecule has 72 valence electrons. The van der Waals surface area contributed by atoms with Crippen molar-refractivity contribution in [2.24, 2.45) is 0 Å². The Bertz CT molecular complexity index is 490. The third-order valence-corrected chi connectivity index (χ3v) is 1.97. The fourth-order valence-corrected chi connectivity index (χ4v) is 1.30. The van der Waals surface area contributed by atoms with E-state index in [1.54, 1.807) is 6.07 Å². The average molecular weight is 192 g/mol. The number of nitrogens with zero attached hydrogens (tertiary/aromatic N) is 1. The molecule has 0 saturated carbocycles. The molecule has 0 radical (unpaired) electrons. The summed E-state index contributed by atoms with van der Waals surface area (Å²) in [5.74, 6) is -0.694. The van der Waals surface area contributed by atoms with Gasteiger partial charge in [-0.05, 0) is 6.07 Å². The first-order valence-electron chi connectivity index (χ1n) is 3.97. The molecule has 1 aromatic carbocycles. The van der Waals surface area contributed by atoms with E-state index >= 15 is 0 Å². The van der Waals surface area contributed by atoms with E-state index in [0.29, 0.717) is 11.3 Å². The van der Waals surface area contributed by atoms with Gasteiger partial charge in [0.1, 0.15) is 11.3 Å². The molecular formula is C9H8N2O3. The molecule has 0 aliphatic heterocycles. The Hall–Kier alpha value is -2.04. The molecule has 0 saturated heterocycles. The zero-order valence-electron chi connectivity index (χ0n) is 7.44. The second-order valence-electron chi connectivity index (χ2n) is 2.78. The number of imidazole rings is 1. The zero-order chi connectivity index (χ0) is 10.1. The first kappa shape index (κ1) is 8.55. The summed E-state index contributed by atoms with van der Waals surface area (Å²) in [6.07, 6.45) is 1.51. The van der Waals surface area contributed by atoms with Crippen LogP contribution in [0.4, 0.5) is 0 Å². The quantitative estimate of drug-likeness (QED) is 0.751. The first-order chi connectivity index (χ1) is 6.72. The number of carboxylic acids is 1. The van der Waals surface area contributed by atoms with Crippen molar-refractivity contribution in [1.82, 2.24) is 9.97 Å². The van der Waals surface area contributed by atoms with Crippen molar-refractivity contribution in [3.05, 3.63) is 24.0 Å². The summed E-state index contributed by atoms with van der Waals surface area (Å²) in [6, 6.07) is 3.10. The van der Waals surface area contributed by atoms with Crippen molar-refractivity contribution in [2.45, 2.75) is 0 Å². The topological polar surface area (TPSA) is 75.2 Å². The Kier molecular flexibility index (Phi) is 1.85. The largest absolute Gasteiger partial charge is 0.496 e. The van der Waals surface area contributed by atoms with Crippen LogP contribution in [0.25, 0.3) is 11.0 Å². The molecule has 0 spiro atoms. The van der Waals surface area contributed by atoms with Gasteiger partial charge in [-0.3, -0.25) is 0 Å². The van der Waals surface area contributed by atoms with Crippen molar-refractivity contribution < 1.29 is 14.6 Å². The molecule has 2 aromatic rings. The third kappa shape index (κ3) is 1.19. The number of aromatic amines is 1. The molecule has 2 N–H and O–H groups in total. The fraction of sp³-hybridized carbons (Fsp3) is 0.111. The molecule has 0 fully saturated rings. The van der Waals surface area contributed by atoms with Crippen molar-refractivity contribution in [2.75, 3.05) is 7.11 Å². The van der Waals surface area contributed by atoms with E-state index in [4.69, 9.17) is 9.84 Å². The van der Waals surface area contributed by atoms with E-state index < -0.39 is 5.97 Å². The van der Waals surface area contributed by atoms with Crippen LogP contribution >= 0.6 is 0 Å². The summed E-state index contributed by atoms with van der Waals surface area (Å²) in [7, 11) is 1.43. The number of aromatic carboxylic acids is 1. The lowest BCUT2D eigenvalue weighted by Gasteiger charge is -2.03. The number of aromatic nitrogens is 2. The van der Waals surface area contributed by atoms with Gasteiger partial charge in [-0.15, -0.1) is 0 Å². The number of H-pyrrole nitrogens is 1. The molecule has 14 heavy (non-hydrogen) atoms. The van der Waals surface area contributed by atoms with Crippen LogP contribution in [0, 0.1) is 0 Å². The van der Waals surface area contributed by atoms with Gasteiger partial charge in [-0.25, -0.2) is 9.78 Å². The van der Waals surface area contributed by atoms with E-state index in [2.05, 4.69) is 9.97 Å². The predicted molar refractivity (Wildman–Crippen MR) is 49.6 cm³/mol. The van der Waals surface area contributed by atoms with Gasteiger partial charge in [0.25, 0.3) is 0 Å². The Labute approximate surface area is 79.3 Å². The maximum atomic E-state index is 10.8. The fourth-order valence-electron chi connectivity index (χ4n) is 1.30. The molecule has 0 unspecified atom stereocenters. The Morgan fingerprint density at radius 2 is 2.36 bits per heavy atom. The minimum absolute atomic E-state index is 0.118. The van der Waals surface area contributed by atoms with Crippen molar-refractivity contribution in [1.29, 1.82) is 0 Å². The lowest BCUT2D eigenvalue weighted by atomic mass is 10.2. The highest BCUT2D eigenvalue weighted by Gasteiger charge is 2.12.